The number of rotatable bonds is 4. The molecule has 2 rings (SSSR count). The van der Waals surface area contributed by atoms with E-state index >= 15 is 0 Å². The fourth-order valence-electron chi connectivity index (χ4n) is 1.23. The summed E-state index contributed by atoms with van der Waals surface area (Å²) in [7, 11) is 0. The first-order chi connectivity index (χ1) is 8.19. The van der Waals surface area contributed by atoms with Crippen LogP contribution in [-0.2, 0) is 6.54 Å². The van der Waals surface area contributed by atoms with Crippen molar-refractivity contribution in [2.24, 2.45) is 5.73 Å². The largest absolute Gasteiger partial charge is 0.435 e. The monoisotopic (exact) mass is 241 g/mol. The molecule has 5 nitrogen and oxygen atoms in total. The molecule has 0 amide bonds. The molecule has 0 spiro atoms. The predicted molar refractivity (Wildman–Crippen MR) is 54.3 cm³/mol. The van der Waals surface area contributed by atoms with Gasteiger partial charge in [-0.25, -0.2) is 0 Å². The van der Waals surface area contributed by atoms with Crippen LogP contribution < -0.4 is 10.5 Å². The van der Waals surface area contributed by atoms with Crippen LogP contribution in [0.15, 0.2) is 28.7 Å². The number of benzene rings is 1. The molecule has 0 aliphatic rings. The predicted octanol–water partition coefficient (Wildman–Crippen LogP) is 1.80. The second-order valence-corrected chi connectivity index (χ2v) is 3.11. The first-order valence-corrected chi connectivity index (χ1v) is 4.76. The average molecular weight is 241 g/mol. The van der Waals surface area contributed by atoms with Gasteiger partial charge in [-0.2, -0.15) is 8.78 Å². The molecule has 0 bridgehead atoms. The van der Waals surface area contributed by atoms with E-state index in [0.717, 1.165) is 0 Å². The van der Waals surface area contributed by atoms with Gasteiger partial charge in [0.1, 0.15) is 5.75 Å². The van der Waals surface area contributed by atoms with Crippen molar-refractivity contribution < 1.29 is 17.9 Å². The van der Waals surface area contributed by atoms with Crippen LogP contribution in [0.3, 0.4) is 0 Å². The van der Waals surface area contributed by atoms with Crippen LogP contribution in [0, 0.1) is 0 Å². The topological polar surface area (TPSA) is 74.2 Å². The summed E-state index contributed by atoms with van der Waals surface area (Å²) in [6.07, 6.45) is 0. The highest BCUT2D eigenvalue weighted by atomic mass is 19.3. The van der Waals surface area contributed by atoms with Gasteiger partial charge in [-0.15, -0.1) is 10.2 Å². The number of hydrogen-bond donors (Lipinski definition) is 1. The molecule has 90 valence electrons. The quantitative estimate of drug-likeness (QED) is 0.883. The fourth-order valence-corrected chi connectivity index (χ4v) is 1.23. The molecule has 1 aromatic heterocycles. The summed E-state index contributed by atoms with van der Waals surface area (Å²) in [5.41, 5.74) is 5.93. The Kier molecular flexibility index (Phi) is 3.29. The maximum Gasteiger partial charge on any atom is 0.387 e. The van der Waals surface area contributed by atoms with E-state index in [1.54, 1.807) is 12.1 Å². The number of alkyl halides is 2. The Balaban J connectivity index is 2.17. The minimum absolute atomic E-state index is 0.0716. The summed E-state index contributed by atoms with van der Waals surface area (Å²) < 4.78 is 33.2. The molecule has 0 saturated heterocycles. The Bertz CT molecular complexity index is 485. The van der Waals surface area contributed by atoms with Gasteiger partial charge in [0, 0.05) is 5.56 Å². The Morgan fingerprint density at radius 1 is 1.24 bits per heavy atom. The van der Waals surface area contributed by atoms with E-state index in [-0.39, 0.29) is 18.2 Å². The normalized spacial score (nSPS) is 10.8. The van der Waals surface area contributed by atoms with Crippen LogP contribution in [0.2, 0.25) is 0 Å². The summed E-state index contributed by atoms with van der Waals surface area (Å²) in [5, 5.41) is 7.45. The van der Waals surface area contributed by atoms with Gasteiger partial charge in [0.05, 0.1) is 6.54 Å². The van der Waals surface area contributed by atoms with Crippen LogP contribution in [0.5, 0.6) is 5.75 Å². The lowest BCUT2D eigenvalue weighted by molar-refractivity contribution is -0.0498. The zero-order chi connectivity index (χ0) is 12.3. The molecule has 0 saturated carbocycles. The van der Waals surface area contributed by atoms with Crippen molar-refractivity contribution in [1.82, 2.24) is 10.2 Å². The lowest BCUT2D eigenvalue weighted by Gasteiger charge is -2.03. The summed E-state index contributed by atoms with van der Waals surface area (Å²) >= 11 is 0. The highest BCUT2D eigenvalue weighted by Crippen LogP contribution is 2.22. The molecule has 0 aliphatic carbocycles. The minimum Gasteiger partial charge on any atom is -0.435 e. The second kappa shape index (κ2) is 4.88. The molecule has 2 aromatic rings. The maximum absolute atomic E-state index is 11.9. The molecular weight excluding hydrogens is 232 g/mol. The van der Waals surface area contributed by atoms with Crippen molar-refractivity contribution in [3.05, 3.63) is 30.2 Å². The smallest absolute Gasteiger partial charge is 0.387 e. The molecule has 0 unspecified atom stereocenters. The zero-order valence-electron chi connectivity index (χ0n) is 8.64. The lowest BCUT2D eigenvalue weighted by Crippen LogP contribution is -2.01. The Hall–Kier alpha value is -2.02. The van der Waals surface area contributed by atoms with E-state index in [2.05, 4.69) is 14.9 Å². The third kappa shape index (κ3) is 2.76. The number of nitrogens with two attached hydrogens (primary N) is 1. The number of ether oxygens (including phenoxy) is 1. The number of nitrogens with zero attached hydrogens (tertiary/aromatic N) is 2. The first-order valence-electron chi connectivity index (χ1n) is 4.76. The molecule has 1 heterocycles. The van der Waals surface area contributed by atoms with Gasteiger partial charge in [-0.1, -0.05) is 0 Å². The second-order valence-electron chi connectivity index (χ2n) is 3.11. The maximum atomic E-state index is 11.9. The molecule has 2 N–H and O–H groups in total. The molecule has 0 fully saturated rings. The summed E-state index contributed by atoms with van der Waals surface area (Å²) in [5.74, 6) is 0.671. The van der Waals surface area contributed by atoms with Crippen LogP contribution >= 0.6 is 0 Å². The van der Waals surface area contributed by atoms with Gasteiger partial charge < -0.3 is 14.9 Å². The van der Waals surface area contributed by atoms with Gasteiger partial charge in [0.25, 0.3) is 0 Å². The van der Waals surface area contributed by atoms with Crippen LogP contribution in [0.25, 0.3) is 11.5 Å². The SMILES string of the molecule is NCc1nnc(-c2ccc(OC(F)F)cc2)o1. The van der Waals surface area contributed by atoms with E-state index in [4.69, 9.17) is 10.2 Å². The number of hydrogen-bond acceptors (Lipinski definition) is 5. The van der Waals surface area contributed by atoms with Gasteiger partial charge in [0.15, 0.2) is 0 Å². The highest BCUT2D eigenvalue weighted by Gasteiger charge is 2.08. The molecule has 1 aromatic carbocycles. The summed E-state index contributed by atoms with van der Waals surface area (Å²) in [4.78, 5) is 0. The zero-order valence-corrected chi connectivity index (χ0v) is 8.64. The van der Waals surface area contributed by atoms with Crippen LogP contribution in [0.1, 0.15) is 5.89 Å². The Morgan fingerprint density at radius 2 is 1.94 bits per heavy atom. The van der Waals surface area contributed by atoms with Gasteiger partial charge in [-0.3, -0.25) is 0 Å². The molecule has 0 atom stereocenters. The van der Waals surface area contributed by atoms with Gasteiger partial charge >= 0.3 is 6.61 Å². The van der Waals surface area contributed by atoms with E-state index < -0.39 is 6.61 Å². The van der Waals surface area contributed by atoms with Crippen molar-refractivity contribution in [3.63, 3.8) is 0 Å². The number of halogens is 2. The van der Waals surface area contributed by atoms with Crippen molar-refractivity contribution in [2.75, 3.05) is 0 Å². The Labute approximate surface area is 95.2 Å². The minimum atomic E-state index is -2.84. The third-order valence-corrected chi connectivity index (χ3v) is 1.97. The van der Waals surface area contributed by atoms with Crippen molar-refractivity contribution >= 4 is 0 Å². The molecular formula is C10H9F2N3O2. The summed E-state index contributed by atoms with van der Waals surface area (Å²) in [6, 6.07) is 5.89. The Morgan fingerprint density at radius 3 is 2.47 bits per heavy atom. The standard InChI is InChI=1S/C10H9F2N3O2/c11-10(12)16-7-3-1-6(2-4-7)9-15-14-8(5-13)17-9/h1-4,10H,5,13H2. The van der Waals surface area contributed by atoms with E-state index in [0.29, 0.717) is 11.5 Å². The highest BCUT2D eigenvalue weighted by molar-refractivity contribution is 5.53. The van der Waals surface area contributed by atoms with E-state index in [9.17, 15) is 8.78 Å². The molecule has 7 heteroatoms. The lowest BCUT2D eigenvalue weighted by atomic mass is 10.2. The van der Waals surface area contributed by atoms with E-state index in [1.807, 2.05) is 0 Å². The van der Waals surface area contributed by atoms with Crippen LogP contribution in [-0.4, -0.2) is 16.8 Å². The average Bonchev–Trinajstić information content (AvgIpc) is 2.78. The van der Waals surface area contributed by atoms with Crippen molar-refractivity contribution in [3.8, 4) is 17.2 Å². The third-order valence-electron chi connectivity index (χ3n) is 1.97. The fraction of sp³-hybridized carbons (Fsp3) is 0.200. The van der Waals surface area contributed by atoms with E-state index in [1.165, 1.54) is 12.1 Å². The summed E-state index contributed by atoms with van der Waals surface area (Å²) in [6.45, 7) is -2.69. The first kappa shape index (κ1) is 11.5. The van der Waals surface area contributed by atoms with Crippen molar-refractivity contribution in [1.29, 1.82) is 0 Å². The van der Waals surface area contributed by atoms with Gasteiger partial charge in [0.2, 0.25) is 11.8 Å². The van der Waals surface area contributed by atoms with Gasteiger partial charge in [-0.05, 0) is 24.3 Å². The number of aromatic nitrogens is 2. The molecule has 0 aliphatic heterocycles. The molecule has 0 radical (unpaired) electrons. The van der Waals surface area contributed by atoms with Crippen molar-refractivity contribution in [2.45, 2.75) is 13.2 Å². The van der Waals surface area contributed by atoms with Crippen LogP contribution in [0.4, 0.5) is 8.78 Å². The molecule has 17 heavy (non-hydrogen) atoms.